The molecule has 1 aliphatic heterocycles. The van der Waals surface area contributed by atoms with Gasteiger partial charge in [-0.3, -0.25) is 0 Å². The van der Waals surface area contributed by atoms with E-state index in [1.54, 1.807) is 6.92 Å². The maximum absolute atomic E-state index is 11.8. The minimum absolute atomic E-state index is 0.0979. The topological polar surface area (TPSA) is 48.4 Å². The molecular formula is C15H15NO3S. The van der Waals surface area contributed by atoms with Crippen LogP contribution in [0.2, 0.25) is 0 Å². The molecule has 0 spiro atoms. The van der Waals surface area contributed by atoms with E-state index in [4.69, 9.17) is 9.47 Å². The first-order valence-electron chi connectivity index (χ1n) is 6.58. The number of carbonyl (C=O) groups excluding carboxylic acids is 1. The predicted octanol–water partition coefficient (Wildman–Crippen LogP) is 3.30. The van der Waals surface area contributed by atoms with Gasteiger partial charge in [-0.2, -0.15) is 0 Å². The van der Waals surface area contributed by atoms with E-state index in [2.05, 4.69) is 11.1 Å². The van der Waals surface area contributed by atoms with Crippen molar-refractivity contribution in [3.8, 4) is 5.75 Å². The summed E-state index contributed by atoms with van der Waals surface area (Å²) >= 11 is 1.50. The number of aryl methyl sites for hydroxylation is 1. The molecule has 2 aromatic rings. The second-order valence-corrected chi connectivity index (χ2v) is 5.83. The Labute approximate surface area is 121 Å². The number of aromatic nitrogens is 1. The second-order valence-electron chi connectivity index (χ2n) is 4.60. The average molecular weight is 289 g/mol. The van der Waals surface area contributed by atoms with Crippen molar-refractivity contribution in [2.45, 2.75) is 26.4 Å². The monoisotopic (exact) mass is 289 g/mol. The number of esters is 1. The smallest absolute Gasteiger partial charge is 0.358 e. The van der Waals surface area contributed by atoms with Crippen LogP contribution >= 0.6 is 11.3 Å². The van der Waals surface area contributed by atoms with Gasteiger partial charge in [0.25, 0.3) is 0 Å². The predicted molar refractivity (Wildman–Crippen MR) is 76.3 cm³/mol. The van der Waals surface area contributed by atoms with E-state index in [1.807, 2.05) is 25.1 Å². The zero-order valence-corrected chi connectivity index (χ0v) is 12.2. The van der Waals surface area contributed by atoms with Crippen LogP contribution in [0.25, 0.3) is 0 Å². The van der Waals surface area contributed by atoms with Gasteiger partial charge in [0.05, 0.1) is 6.61 Å². The highest BCUT2D eigenvalue weighted by Crippen LogP contribution is 2.38. The Morgan fingerprint density at radius 3 is 3.05 bits per heavy atom. The maximum atomic E-state index is 11.8. The third-order valence-electron chi connectivity index (χ3n) is 3.20. The van der Waals surface area contributed by atoms with Crippen LogP contribution in [-0.2, 0) is 11.2 Å². The van der Waals surface area contributed by atoms with Gasteiger partial charge in [-0.25, -0.2) is 9.78 Å². The lowest BCUT2D eigenvalue weighted by atomic mass is 10.1. The molecule has 1 aromatic carbocycles. The van der Waals surface area contributed by atoms with Crippen LogP contribution < -0.4 is 4.74 Å². The summed E-state index contributed by atoms with van der Waals surface area (Å²) in [5.41, 5.74) is 1.59. The molecule has 5 heteroatoms. The van der Waals surface area contributed by atoms with E-state index in [0.29, 0.717) is 12.3 Å². The summed E-state index contributed by atoms with van der Waals surface area (Å²) in [4.78, 5) is 17.1. The van der Waals surface area contributed by atoms with Crippen molar-refractivity contribution in [3.63, 3.8) is 0 Å². The zero-order valence-electron chi connectivity index (χ0n) is 11.4. The van der Waals surface area contributed by atoms with Gasteiger partial charge >= 0.3 is 5.97 Å². The molecule has 20 heavy (non-hydrogen) atoms. The molecule has 0 fully saturated rings. The zero-order chi connectivity index (χ0) is 14.1. The number of carbonyl (C=O) groups is 1. The lowest BCUT2D eigenvalue weighted by Gasteiger charge is -2.06. The van der Waals surface area contributed by atoms with Crippen LogP contribution in [0, 0.1) is 6.92 Å². The molecule has 0 N–H and O–H groups in total. The molecule has 1 unspecified atom stereocenters. The number of nitrogens with zero attached hydrogens (tertiary/aromatic N) is 1. The minimum atomic E-state index is -0.358. The normalized spacial score (nSPS) is 16.6. The van der Waals surface area contributed by atoms with Crippen molar-refractivity contribution in [3.05, 3.63) is 45.4 Å². The third-order valence-corrected chi connectivity index (χ3v) is 4.27. The number of thiazole rings is 1. The number of rotatable bonds is 3. The first-order chi connectivity index (χ1) is 9.69. The standard InChI is InChI=1S/C15H15NO3S/c1-3-18-15(17)13-9(2)20-14(16-13)12-8-10-6-4-5-7-11(10)19-12/h4-7,12H,3,8H2,1-2H3. The van der Waals surface area contributed by atoms with E-state index in [9.17, 15) is 4.79 Å². The molecule has 3 rings (SSSR count). The molecular weight excluding hydrogens is 274 g/mol. The Balaban J connectivity index is 1.83. The van der Waals surface area contributed by atoms with Crippen molar-refractivity contribution < 1.29 is 14.3 Å². The summed E-state index contributed by atoms with van der Waals surface area (Å²) in [6, 6.07) is 7.98. The molecule has 4 nitrogen and oxygen atoms in total. The van der Waals surface area contributed by atoms with Gasteiger partial charge in [0.15, 0.2) is 11.8 Å². The van der Waals surface area contributed by atoms with Crippen molar-refractivity contribution >= 4 is 17.3 Å². The van der Waals surface area contributed by atoms with E-state index >= 15 is 0 Å². The van der Waals surface area contributed by atoms with Crippen LogP contribution in [0.5, 0.6) is 5.75 Å². The molecule has 1 atom stereocenters. The molecule has 2 heterocycles. The summed E-state index contributed by atoms with van der Waals surface area (Å²) < 4.78 is 10.9. The minimum Gasteiger partial charge on any atom is -0.483 e. The van der Waals surface area contributed by atoms with E-state index in [-0.39, 0.29) is 12.1 Å². The fourth-order valence-electron chi connectivity index (χ4n) is 2.26. The Kier molecular flexibility index (Phi) is 3.44. The average Bonchev–Trinajstić information content (AvgIpc) is 3.02. The molecule has 0 bridgehead atoms. The fourth-order valence-corrected chi connectivity index (χ4v) is 3.20. The van der Waals surface area contributed by atoms with Gasteiger partial charge in [0.2, 0.25) is 0 Å². The molecule has 0 radical (unpaired) electrons. The molecule has 1 aromatic heterocycles. The van der Waals surface area contributed by atoms with Crippen molar-refractivity contribution in [1.29, 1.82) is 0 Å². The van der Waals surface area contributed by atoms with E-state index in [1.165, 1.54) is 16.9 Å². The van der Waals surface area contributed by atoms with Crippen LogP contribution in [-0.4, -0.2) is 17.6 Å². The summed E-state index contributed by atoms with van der Waals surface area (Å²) in [6.07, 6.45) is 0.699. The second kappa shape index (κ2) is 5.25. The number of hydrogen-bond donors (Lipinski definition) is 0. The Hall–Kier alpha value is -1.88. The highest BCUT2D eigenvalue weighted by atomic mass is 32.1. The van der Waals surface area contributed by atoms with Crippen molar-refractivity contribution in [2.75, 3.05) is 6.61 Å². The van der Waals surface area contributed by atoms with Crippen LogP contribution in [0.3, 0.4) is 0 Å². The SMILES string of the molecule is CCOC(=O)c1nc(C2Cc3ccccc3O2)sc1C. The fraction of sp³-hybridized carbons (Fsp3) is 0.333. The van der Waals surface area contributed by atoms with Crippen LogP contribution in [0.15, 0.2) is 24.3 Å². The highest BCUT2D eigenvalue weighted by molar-refractivity contribution is 7.11. The van der Waals surface area contributed by atoms with Crippen molar-refractivity contribution in [2.24, 2.45) is 0 Å². The quantitative estimate of drug-likeness (QED) is 0.813. The van der Waals surface area contributed by atoms with Crippen LogP contribution in [0.4, 0.5) is 0 Å². The van der Waals surface area contributed by atoms with E-state index < -0.39 is 0 Å². The third kappa shape index (κ3) is 2.29. The van der Waals surface area contributed by atoms with Gasteiger partial charge in [-0.1, -0.05) is 18.2 Å². The lowest BCUT2D eigenvalue weighted by molar-refractivity contribution is 0.0519. The molecule has 1 aliphatic rings. The van der Waals surface area contributed by atoms with Gasteiger partial charge in [0, 0.05) is 11.3 Å². The Morgan fingerprint density at radius 2 is 2.30 bits per heavy atom. The highest BCUT2D eigenvalue weighted by Gasteiger charge is 2.28. The molecule has 104 valence electrons. The Bertz CT molecular complexity index is 625. The number of para-hydroxylation sites is 1. The maximum Gasteiger partial charge on any atom is 0.358 e. The van der Waals surface area contributed by atoms with Gasteiger partial charge in [-0.05, 0) is 25.5 Å². The molecule has 0 amide bonds. The molecule has 0 saturated carbocycles. The van der Waals surface area contributed by atoms with E-state index in [0.717, 1.165) is 22.1 Å². The number of benzene rings is 1. The lowest BCUT2D eigenvalue weighted by Crippen LogP contribution is -2.08. The van der Waals surface area contributed by atoms with Crippen LogP contribution in [0.1, 0.15) is 39.0 Å². The molecule has 0 aliphatic carbocycles. The summed E-state index contributed by atoms with van der Waals surface area (Å²) in [7, 11) is 0. The summed E-state index contributed by atoms with van der Waals surface area (Å²) in [6.45, 7) is 4.03. The Morgan fingerprint density at radius 1 is 1.50 bits per heavy atom. The summed E-state index contributed by atoms with van der Waals surface area (Å²) in [5.74, 6) is 0.547. The largest absolute Gasteiger partial charge is 0.483 e. The molecule has 0 saturated heterocycles. The van der Waals surface area contributed by atoms with Crippen molar-refractivity contribution in [1.82, 2.24) is 4.98 Å². The first-order valence-corrected chi connectivity index (χ1v) is 7.39. The number of ether oxygens (including phenoxy) is 2. The van der Waals surface area contributed by atoms with Gasteiger partial charge < -0.3 is 9.47 Å². The van der Waals surface area contributed by atoms with Gasteiger partial charge in [0.1, 0.15) is 10.8 Å². The first kappa shape index (κ1) is 13.1. The van der Waals surface area contributed by atoms with Gasteiger partial charge in [-0.15, -0.1) is 11.3 Å². The number of hydrogen-bond acceptors (Lipinski definition) is 5. The number of fused-ring (bicyclic) bond motifs is 1. The summed E-state index contributed by atoms with van der Waals surface area (Å²) in [5, 5.41) is 0.835.